The number of aryl methyl sites for hydroxylation is 1. The Morgan fingerprint density at radius 3 is 2.70 bits per heavy atom. The molecule has 1 saturated heterocycles. The summed E-state index contributed by atoms with van der Waals surface area (Å²) in [7, 11) is 0. The molecule has 0 spiro atoms. The molecular formula is C23H28N4. The van der Waals surface area contributed by atoms with E-state index in [1.807, 2.05) is 24.8 Å². The minimum atomic E-state index is 0.640. The first-order chi connectivity index (χ1) is 13.4. The predicted octanol–water partition coefficient (Wildman–Crippen LogP) is 4.31. The van der Waals surface area contributed by atoms with E-state index in [2.05, 4.69) is 61.9 Å². The molecule has 1 fully saturated rings. The fraction of sp³-hybridized carbons (Fsp3) is 0.391. The third kappa shape index (κ3) is 4.83. The Morgan fingerprint density at radius 1 is 0.963 bits per heavy atom. The lowest BCUT2D eigenvalue weighted by atomic mass is 9.97. The summed E-state index contributed by atoms with van der Waals surface area (Å²) >= 11 is 0. The minimum Gasteiger partial charge on any atom is -0.329 e. The van der Waals surface area contributed by atoms with Crippen LogP contribution in [0.3, 0.4) is 0 Å². The van der Waals surface area contributed by atoms with Crippen LogP contribution in [0.4, 0.5) is 0 Å². The van der Waals surface area contributed by atoms with Crippen molar-refractivity contribution in [3.8, 4) is 0 Å². The fourth-order valence-electron chi connectivity index (χ4n) is 4.07. The van der Waals surface area contributed by atoms with Gasteiger partial charge in [-0.3, -0.25) is 9.88 Å². The first-order valence-corrected chi connectivity index (χ1v) is 10.1. The molecule has 1 aliphatic heterocycles. The van der Waals surface area contributed by atoms with Crippen LogP contribution in [-0.4, -0.2) is 32.0 Å². The number of piperidine rings is 1. The Kier molecular flexibility index (Phi) is 5.95. The van der Waals surface area contributed by atoms with Gasteiger partial charge in [0.1, 0.15) is 0 Å². The first kappa shape index (κ1) is 17.9. The minimum absolute atomic E-state index is 0.640. The summed E-state index contributed by atoms with van der Waals surface area (Å²) in [6.45, 7) is 3.06. The zero-order chi connectivity index (χ0) is 18.3. The first-order valence-electron chi connectivity index (χ1n) is 10.1. The summed E-state index contributed by atoms with van der Waals surface area (Å²) in [4.78, 5) is 11.6. The molecule has 4 nitrogen and oxygen atoms in total. The van der Waals surface area contributed by atoms with Gasteiger partial charge in [-0.25, -0.2) is 4.98 Å². The molecule has 4 rings (SSSR count). The number of hydrogen-bond donors (Lipinski definition) is 0. The van der Waals surface area contributed by atoms with Crippen molar-refractivity contribution in [3.05, 3.63) is 84.2 Å². The van der Waals surface area contributed by atoms with E-state index in [9.17, 15) is 0 Å². The van der Waals surface area contributed by atoms with Crippen LogP contribution in [0, 0.1) is 0 Å². The van der Waals surface area contributed by atoms with Gasteiger partial charge in [0.2, 0.25) is 0 Å². The Balaban J connectivity index is 1.40. The number of pyridine rings is 1. The lowest BCUT2D eigenvalue weighted by Crippen LogP contribution is -2.39. The van der Waals surface area contributed by atoms with E-state index < -0.39 is 0 Å². The summed E-state index contributed by atoms with van der Waals surface area (Å²) in [5.74, 6) is 0. The second kappa shape index (κ2) is 8.96. The van der Waals surface area contributed by atoms with Crippen LogP contribution in [-0.2, 0) is 19.5 Å². The van der Waals surface area contributed by atoms with Crippen LogP contribution in [0.15, 0.2) is 67.3 Å². The summed E-state index contributed by atoms with van der Waals surface area (Å²) in [6.07, 6.45) is 12.1. The van der Waals surface area contributed by atoms with E-state index in [1.165, 1.54) is 49.2 Å². The van der Waals surface area contributed by atoms with Gasteiger partial charge in [0.15, 0.2) is 0 Å². The molecule has 3 aromatic rings. The van der Waals surface area contributed by atoms with Gasteiger partial charge in [0, 0.05) is 37.2 Å². The summed E-state index contributed by atoms with van der Waals surface area (Å²) in [5, 5.41) is 0. The standard InChI is InChI=1S/C23H28N4/c1-2-8-20(9-3-1)17-27-19-24-16-23(27)18-26-15-7-5-11-22(26)13-12-21-10-4-6-14-25-21/h1-4,6,8-10,14,16,19,22H,5,7,11-13,15,17-18H2/t22-/m0/s1. The molecule has 0 saturated carbocycles. The van der Waals surface area contributed by atoms with Crippen molar-refractivity contribution < 1.29 is 0 Å². The Bertz CT molecular complexity index is 813. The van der Waals surface area contributed by atoms with Gasteiger partial charge in [0.25, 0.3) is 0 Å². The van der Waals surface area contributed by atoms with E-state index in [-0.39, 0.29) is 0 Å². The topological polar surface area (TPSA) is 34.0 Å². The van der Waals surface area contributed by atoms with Crippen molar-refractivity contribution in [1.82, 2.24) is 19.4 Å². The van der Waals surface area contributed by atoms with E-state index in [1.54, 1.807) is 0 Å². The van der Waals surface area contributed by atoms with Gasteiger partial charge in [-0.1, -0.05) is 42.8 Å². The smallest absolute Gasteiger partial charge is 0.0951 e. The number of benzene rings is 1. The van der Waals surface area contributed by atoms with E-state index >= 15 is 0 Å². The van der Waals surface area contributed by atoms with Crippen molar-refractivity contribution in [3.63, 3.8) is 0 Å². The lowest BCUT2D eigenvalue weighted by Gasteiger charge is -2.36. The highest BCUT2D eigenvalue weighted by atomic mass is 15.2. The van der Waals surface area contributed by atoms with Crippen molar-refractivity contribution in [2.75, 3.05) is 6.54 Å². The average molecular weight is 361 g/mol. The molecule has 0 bridgehead atoms. The van der Waals surface area contributed by atoms with Gasteiger partial charge in [-0.05, 0) is 49.9 Å². The van der Waals surface area contributed by atoms with E-state index in [0.717, 1.165) is 19.5 Å². The molecule has 0 unspecified atom stereocenters. The average Bonchev–Trinajstić information content (AvgIpc) is 3.15. The second-order valence-corrected chi connectivity index (χ2v) is 7.48. The molecule has 4 heteroatoms. The number of hydrogen-bond acceptors (Lipinski definition) is 3. The molecule has 1 aromatic carbocycles. The highest BCUT2D eigenvalue weighted by Gasteiger charge is 2.23. The quantitative estimate of drug-likeness (QED) is 0.629. The van der Waals surface area contributed by atoms with Crippen molar-refractivity contribution in [2.24, 2.45) is 0 Å². The molecular weight excluding hydrogens is 332 g/mol. The Morgan fingerprint density at radius 2 is 1.85 bits per heavy atom. The van der Waals surface area contributed by atoms with E-state index in [0.29, 0.717) is 6.04 Å². The van der Waals surface area contributed by atoms with Gasteiger partial charge >= 0.3 is 0 Å². The zero-order valence-electron chi connectivity index (χ0n) is 15.9. The monoisotopic (exact) mass is 360 g/mol. The number of nitrogens with zero attached hydrogens (tertiary/aromatic N) is 4. The SMILES string of the molecule is c1ccc(Cn2cncc2CN2CCCC[C@H]2CCc2ccccn2)cc1. The normalized spacial score (nSPS) is 17.9. The molecule has 1 aliphatic rings. The highest BCUT2D eigenvalue weighted by Crippen LogP contribution is 2.23. The number of aromatic nitrogens is 3. The molecule has 1 atom stereocenters. The van der Waals surface area contributed by atoms with Crippen LogP contribution in [0.5, 0.6) is 0 Å². The Labute approximate surface area is 161 Å². The molecule has 0 aliphatic carbocycles. The molecule has 0 N–H and O–H groups in total. The molecule has 140 valence electrons. The van der Waals surface area contributed by atoms with Crippen molar-refractivity contribution >= 4 is 0 Å². The lowest BCUT2D eigenvalue weighted by molar-refractivity contribution is 0.129. The molecule has 27 heavy (non-hydrogen) atoms. The van der Waals surface area contributed by atoms with Crippen molar-refractivity contribution in [1.29, 1.82) is 0 Å². The van der Waals surface area contributed by atoms with E-state index in [4.69, 9.17) is 0 Å². The van der Waals surface area contributed by atoms with Gasteiger partial charge in [0.05, 0.1) is 12.0 Å². The maximum Gasteiger partial charge on any atom is 0.0951 e. The summed E-state index contributed by atoms with van der Waals surface area (Å²) in [5.41, 5.74) is 3.84. The predicted molar refractivity (Wildman–Crippen MR) is 108 cm³/mol. The maximum absolute atomic E-state index is 4.49. The van der Waals surface area contributed by atoms with Gasteiger partial charge in [-0.2, -0.15) is 0 Å². The Hall–Kier alpha value is -2.46. The van der Waals surface area contributed by atoms with Gasteiger partial charge in [-0.15, -0.1) is 0 Å². The zero-order valence-corrected chi connectivity index (χ0v) is 15.9. The summed E-state index contributed by atoms with van der Waals surface area (Å²) in [6, 6.07) is 17.5. The summed E-state index contributed by atoms with van der Waals surface area (Å²) < 4.78 is 2.29. The molecule has 0 amide bonds. The van der Waals surface area contributed by atoms with Crippen LogP contribution in [0.1, 0.15) is 42.6 Å². The highest BCUT2D eigenvalue weighted by molar-refractivity contribution is 5.16. The number of likely N-dealkylation sites (tertiary alicyclic amines) is 1. The third-order valence-electron chi connectivity index (χ3n) is 5.57. The van der Waals surface area contributed by atoms with Crippen LogP contribution in [0.2, 0.25) is 0 Å². The fourth-order valence-corrected chi connectivity index (χ4v) is 4.07. The molecule has 0 radical (unpaired) electrons. The van der Waals surface area contributed by atoms with Crippen molar-refractivity contribution in [2.45, 2.75) is 51.2 Å². The van der Waals surface area contributed by atoms with Crippen LogP contribution in [0.25, 0.3) is 0 Å². The third-order valence-corrected chi connectivity index (χ3v) is 5.57. The number of rotatable bonds is 7. The maximum atomic E-state index is 4.49. The molecule has 2 aromatic heterocycles. The van der Waals surface area contributed by atoms with Crippen LogP contribution >= 0.6 is 0 Å². The molecule has 3 heterocycles. The number of imidazole rings is 1. The van der Waals surface area contributed by atoms with Gasteiger partial charge < -0.3 is 4.57 Å². The largest absolute Gasteiger partial charge is 0.329 e. The van der Waals surface area contributed by atoms with Crippen LogP contribution < -0.4 is 0 Å². The second-order valence-electron chi connectivity index (χ2n) is 7.48.